The van der Waals surface area contributed by atoms with E-state index in [4.69, 9.17) is 5.73 Å². The third-order valence-electron chi connectivity index (χ3n) is 3.38. The second-order valence-electron chi connectivity index (χ2n) is 5.05. The minimum Gasteiger partial charge on any atom is -0.326 e. The van der Waals surface area contributed by atoms with Crippen LogP contribution in [0.25, 0.3) is 0 Å². The van der Waals surface area contributed by atoms with Gasteiger partial charge in [-0.15, -0.1) is 0 Å². The Hall–Kier alpha value is -1.56. The lowest BCUT2D eigenvalue weighted by Crippen LogP contribution is -2.40. The van der Waals surface area contributed by atoms with Gasteiger partial charge in [0.1, 0.15) is 0 Å². The van der Waals surface area contributed by atoms with Gasteiger partial charge < -0.3 is 11.1 Å². The lowest BCUT2D eigenvalue weighted by Gasteiger charge is -2.22. The zero-order valence-electron chi connectivity index (χ0n) is 10.3. The largest absolute Gasteiger partial charge is 0.326 e. The van der Waals surface area contributed by atoms with Crippen LogP contribution < -0.4 is 11.1 Å². The van der Waals surface area contributed by atoms with Gasteiger partial charge in [-0.25, -0.2) is 13.2 Å². The van der Waals surface area contributed by atoms with E-state index >= 15 is 0 Å². The Morgan fingerprint density at radius 2 is 1.74 bits per heavy atom. The maximum Gasteiger partial charge on any atom is 0.226 e. The highest BCUT2D eigenvalue weighted by Crippen LogP contribution is 2.30. The number of anilines is 1. The van der Waals surface area contributed by atoms with Crippen LogP contribution >= 0.6 is 0 Å². The third kappa shape index (κ3) is 3.26. The summed E-state index contributed by atoms with van der Waals surface area (Å²) in [6.45, 7) is 0. The number of carbonyl (C=O) groups is 1. The first kappa shape index (κ1) is 13.9. The number of halogens is 3. The van der Waals surface area contributed by atoms with Gasteiger partial charge in [-0.2, -0.15) is 0 Å². The fourth-order valence-electron chi connectivity index (χ4n) is 2.41. The van der Waals surface area contributed by atoms with Gasteiger partial charge in [-0.05, 0) is 12.8 Å². The van der Waals surface area contributed by atoms with Gasteiger partial charge in [-0.3, -0.25) is 4.79 Å². The smallest absolute Gasteiger partial charge is 0.226 e. The standard InChI is InChI=1S/C13H15F3N2O/c14-9-5-8(6-10(15)12(9)16)18-11(19)7-13(17)3-1-2-4-13/h5-6H,1-4,7,17H2,(H,18,19). The van der Waals surface area contributed by atoms with Crippen molar-refractivity contribution in [3.63, 3.8) is 0 Å². The molecular weight excluding hydrogens is 257 g/mol. The molecule has 1 aliphatic rings. The number of hydrogen-bond acceptors (Lipinski definition) is 2. The number of nitrogens with two attached hydrogens (primary N) is 1. The van der Waals surface area contributed by atoms with Crippen LogP contribution in [0.4, 0.5) is 18.9 Å². The molecule has 1 fully saturated rings. The second-order valence-corrected chi connectivity index (χ2v) is 5.05. The fraction of sp³-hybridized carbons (Fsp3) is 0.462. The van der Waals surface area contributed by atoms with Crippen molar-refractivity contribution in [1.29, 1.82) is 0 Å². The van der Waals surface area contributed by atoms with Crippen molar-refractivity contribution in [3.8, 4) is 0 Å². The summed E-state index contributed by atoms with van der Waals surface area (Å²) in [5, 5.41) is 2.34. The predicted molar refractivity (Wildman–Crippen MR) is 64.9 cm³/mol. The number of carbonyl (C=O) groups excluding carboxylic acids is 1. The summed E-state index contributed by atoms with van der Waals surface area (Å²) in [5.41, 5.74) is 5.38. The fourth-order valence-corrected chi connectivity index (χ4v) is 2.41. The zero-order chi connectivity index (χ0) is 14.0. The maximum atomic E-state index is 13.0. The van der Waals surface area contributed by atoms with Crippen molar-refractivity contribution in [3.05, 3.63) is 29.6 Å². The summed E-state index contributed by atoms with van der Waals surface area (Å²) < 4.78 is 38.7. The first-order valence-electron chi connectivity index (χ1n) is 6.13. The first-order valence-corrected chi connectivity index (χ1v) is 6.13. The van der Waals surface area contributed by atoms with Gasteiger partial charge in [0.05, 0.1) is 0 Å². The SMILES string of the molecule is NC1(CC(=O)Nc2cc(F)c(F)c(F)c2)CCCC1. The van der Waals surface area contributed by atoms with Crippen LogP contribution in [0.15, 0.2) is 12.1 Å². The topological polar surface area (TPSA) is 55.1 Å². The van der Waals surface area contributed by atoms with Gasteiger partial charge in [-0.1, -0.05) is 12.8 Å². The number of rotatable bonds is 3. The molecule has 1 aromatic carbocycles. The van der Waals surface area contributed by atoms with Crippen molar-refractivity contribution < 1.29 is 18.0 Å². The molecule has 1 saturated carbocycles. The average molecular weight is 272 g/mol. The predicted octanol–water partition coefficient (Wildman–Crippen LogP) is 2.70. The molecule has 1 amide bonds. The summed E-state index contributed by atoms with van der Waals surface area (Å²) in [6.07, 6.45) is 3.56. The van der Waals surface area contributed by atoms with Crippen molar-refractivity contribution in [2.24, 2.45) is 5.73 Å². The van der Waals surface area contributed by atoms with Gasteiger partial charge in [0, 0.05) is 29.8 Å². The van der Waals surface area contributed by atoms with Crippen LogP contribution in [-0.2, 0) is 4.79 Å². The van der Waals surface area contributed by atoms with Crippen molar-refractivity contribution >= 4 is 11.6 Å². The zero-order valence-corrected chi connectivity index (χ0v) is 10.3. The molecule has 0 unspecified atom stereocenters. The Morgan fingerprint density at radius 1 is 1.21 bits per heavy atom. The van der Waals surface area contributed by atoms with E-state index in [1.165, 1.54) is 0 Å². The third-order valence-corrected chi connectivity index (χ3v) is 3.38. The first-order chi connectivity index (χ1) is 8.89. The van der Waals surface area contributed by atoms with Crippen LogP contribution in [0.5, 0.6) is 0 Å². The molecule has 1 aliphatic carbocycles. The summed E-state index contributed by atoms with van der Waals surface area (Å²) >= 11 is 0. The van der Waals surface area contributed by atoms with E-state index in [1.54, 1.807) is 0 Å². The molecule has 3 N–H and O–H groups in total. The van der Waals surface area contributed by atoms with E-state index in [-0.39, 0.29) is 12.1 Å². The maximum absolute atomic E-state index is 13.0. The van der Waals surface area contributed by atoms with Crippen LogP contribution in [0, 0.1) is 17.5 Å². The monoisotopic (exact) mass is 272 g/mol. The molecule has 0 bridgehead atoms. The molecular formula is C13H15F3N2O. The van der Waals surface area contributed by atoms with Gasteiger partial charge >= 0.3 is 0 Å². The van der Waals surface area contributed by atoms with Crippen molar-refractivity contribution in [2.75, 3.05) is 5.32 Å². The highest BCUT2D eigenvalue weighted by atomic mass is 19.2. The molecule has 6 heteroatoms. The number of nitrogens with one attached hydrogen (secondary N) is 1. The van der Waals surface area contributed by atoms with Crippen LogP contribution in [0.1, 0.15) is 32.1 Å². The number of amides is 1. The van der Waals surface area contributed by atoms with E-state index in [0.29, 0.717) is 0 Å². The Labute approximate surface area is 109 Å². The average Bonchev–Trinajstić information content (AvgIpc) is 2.72. The summed E-state index contributed by atoms with van der Waals surface area (Å²) in [7, 11) is 0. The summed E-state index contributed by atoms with van der Waals surface area (Å²) in [5.74, 6) is -4.64. The summed E-state index contributed by atoms with van der Waals surface area (Å²) in [4.78, 5) is 11.8. The lowest BCUT2D eigenvalue weighted by atomic mass is 9.94. The van der Waals surface area contributed by atoms with Crippen LogP contribution in [-0.4, -0.2) is 11.4 Å². The molecule has 0 aromatic heterocycles. The molecule has 19 heavy (non-hydrogen) atoms. The Kier molecular flexibility index (Phi) is 3.80. The van der Waals surface area contributed by atoms with E-state index in [9.17, 15) is 18.0 Å². The molecule has 0 radical (unpaired) electrons. The van der Waals surface area contributed by atoms with Crippen LogP contribution in [0.3, 0.4) is 0 Å². The molecule has 3 nitrogen and oxygen atoms in total. The molecule has 0 spiro atoms. The van der Waals surface area contributed by atoms with E-state index in [0.717, 1.165) is 37.8 Å². The van der Waals surface area contributed by atoms with E-state index in [1.807, 2.05) is 0 Å². The number of benzene rings is 1. The van der Waals surface area contributed by atoms with E-state index in [2.05, 4.69) is 5.32 Å². The van der Waals surface area contributed by atoms with Gasteiger partial charge in [0.2, 0.25) is 5.91 Å². The normalized spacial score (nSPS) is 17.5. The highest BCUT2D eigenvalue weighted by molar-refractivity contribution is 5.91. The molecule has 2 rings (SSSR count). The second kappa shape index (κ2) is 5.21. The minimum atomic E-state index is -1.55. The molecule has 0 heterocycles. The van der Waals surface area contributed by atoms with Crippen LogP contribution in [0.2, 0.25) is 0 Å². The quantitative estimate of drug-likeness (QED) is 0.831. The summed E-state index contributed by atoms with van der Waals surface area (Å²) in [6, 6.07) is 1.49. The van der Waals surface area contributed by atoms with Crippen molar-refractivity contribution in [1.82, 2.24) is 0 Å². The Bertz CT molecular complexity index is 476. The highest BCUT2D eigenvalue weighted by Gasteiger charge is 2.31. The Balaban J connectivity index is 2.03. The van der Waals surface area contributed by atoms with E-state index < -0.39 is 28.9 Å². The Morgan fingerprint density at radius 3 is 2.26 bits per heavy atom. The minimum absolute atomic E-state index is 0.0909. The lowest BCUT2D eigenvalue weighted by molar-refractivity contribution is -0.117. The molecule has 0 atom stereocenters. The number of hydrogen-bond donors (Lipinski definition) is 2. The van der Waals surface area contributed by atoms with Gasteiger partial charge in [0.25, 0.3) is 0 Å². The molecule has 0 aliphatic heterocycles. The van der Waals surface area contributed by atoms with Gasteiger partial charge in [0.15, 0.2) is 17.5 Å². The molecule has 1 aromatic rings. The van der Waals surface area contributed by atoms with Crippen molar-refractivity contribution in [2.45, 2.75) is 37.6 Å². The molecule has 0 saturated heterocycles. The molecule has 104 valence electrons.